The number of hydrogen-bond acceptors (Lipinski definition) is 4. The molecule has 1 fully saturated rings. The van der Waals surface area contributed by atoms with Gasteiger partial charge in [-0.15, -0.1) is 0 Å². The Hall–Kier alpha value is -1.65. The van der Waals surface area contributed by atoms with Gasteiger partial charge in [0.25, 0.3) is 0 Å². The van der Waals surface area contributed by atoms with Gasteiger partial charge in [0.2, 0.25) is 5.89 Å². The van der Waals surface area contributed by atoms with E-state index in [1.807, 2.05) is 17.8 Å². The summed E-state index contributed by atoms with van der Waals surface area (Å²) in [6.45, 7) is 2.20. The molecular weight excluding hydrogens is 204 g/mol. The summed E-state index contributed by atoms with van der Waals surface area (Å²) in [7, 11) is 1.92. The Kier molecular flexibility index (Phi) is 2.05. The zero-order valence-electron chi connectivity index (χ0n) is 9.42. The second-order valence-corrected chi connectivity index (χ2v) is 4.49. The van der Waals surface area contributed by atoms with E-state index >= 15 is 0 Å². The van der Waals surface area contributed by atoms with Crippen molar-refractivity contribution in [3.8, 4) is 0 Å². The van der Waals surface area contributed by atoms with Gasteiger partial charge in [0.1, 0.15) is 0 Å². The normalized spacial score (nSPS) is 23.6. The maximum Gasteiger partial charge on any atom is 0.230 e. The molecule has 2 heterocycles. The Morgan fingerprint density at radius 3 is 3.00 bits per heavy atom. The average Bonchev–Trinajstić information content (AvgIpc) is 2.67. The first kappa shape index (κ1) is 9.57. The van der Waals surface area contributed by atoms with Crippen LogP contribution in [-0.2, 0) is 13.5 Å². The Morgan fingerprint density at radius 2 is 2.38 bits per heavy atom. The van der Waals surface area contributed by atoms with Crippen molar-refractivity contribution in [2.75, 3.05) is 0 Å². The van der Waals surface area contributed by atoms with Crippen molar-refractivity contribution < 1.29 is 4.52 Å². The lowest BCUT2D eigenvalue weighted by molar-refractivity contribution is 0.371. The molecule has 5 nitrogen and oxygen atoms in total. The molecule has 1 aliphatic carbocycles. The second kappa shape index (κ2) is 3.43. The summed E-state index contributed by atoms with van der Waals surface area (Å²) in [5.41, 5.74) is 1.09. The van der Waals surface area contributed by atoms with Gasteiger partial charge in [0.05, 0.1) is 6.42 Å². The van der Waals surface area contributed by atoms with Crippen LogP contribution in [0.15, 0.2) is 16.8 Å². The van der Waals surface area contributed by atoms with Crippen LogP contribution in [0, 0.1) is 5.92 Å². The van der Waals surface area contributed by atoms with Crippen LogP contribution >= 0.6 is 0 Å². The third kappa shape index (κ3) is 1.62. The maximum atomic E-state index is 5.26. The molecule has 0 N–H and O–H groups in total. The van der Waals surface area contributed by atoms with E-state index in [1.165, 1.54) is 6.42 Å². The minimum Gasteiger partial charge on any atom is -0.339 e. The van der Waals surface area contributed by atoms with Gasteiger partial charge in [-0.3, -0.25) is 4.68 Å². The Morgan fingerprint density at radius 1 is 1.56 bits per heavy atom. The highest BCUT2D eigenvalue weighted by molar-refractivity contribution is 5.10. The summed E-state index contributed by atoms with van der Waals surface area (Å²) < 4.78 is 7.09. The minimum absolute atomic E-state index is 0.493. The molecule has 0 unspecified atom stereocenters. The standard InChI is InChI=1S/C11H14N4O/c1-7-5-9(7)11-13-10(14-16-11)6-8-3-4-12-15(8)2/h3-4,7,9H,5-6H2,1-2H3/t7-,9-/m1/s1. The van der Waals surface area contributed by atoms with Crippen LogP contribution in [0.4, 0.5) is 0 Å². The predicted octanol–water partition coefficient (Wildman–Crippen LogP) is 1.52. The summed E-state index contributed by atoms with van der Waals surface area (Å²) >= 11 is 0. The molecule has 0 radical (unpaired) electrons. The van der Waals surface area contributed by atoms with Crippen molar-refractivity contribution in [3.63, 3.8) is 0 Å². The van der Waals surface area contributed by atoms with E-state index < -0.39 is 0 Å². The fourth-order valence-corrected chi connectivity index (χ4v) is 1.89. The first-order chi connectivity index (χ1) is 7.74. The molecule has 2 atom stereocenters. The highest BCUT2D eigenvalue weighted by Crippen LogP contribution is 2.45. The summed E-state index contributed by atoms with van der Waals surface area (Å²) in [6.07, 6.45) is 3.63. The molecule has 1 saturated carbocycles. The van der Waals surface area contributed by atoms with E-state index in [0.717, 1.165) is 17.4 Å². The molecule has 3 rings (SSSR count). The molecule has 0 aliphatic heterocycles. The van der Waals surface area contributed by atoms with Crippen LogP contribution in [0.2, 0.25) is 0 Å². The van der Waals surface area contributed by atoms with E-state index in [2.05, 4.69) is 22.2 Å². The smallest absolute Gasteiger partial charge is 0.230 e. The van der Waals surface area contributed by atoms with Crippen LogP contribution < -0.4 is 0 Å². The second-order valence-electron chi connectivity index (χ2n) is 4.49. The van der Waals surface area contributed by atoms with E-state index in [9.17, 15) is 0 Å². The highest BCUT2D eigenvalue weighted by Gasteiger charge is 2.38. The van der Waals surface area contributed by atoms with Crippen LogP contribution in [0.1, 0.15) is 36.7 Å². The fraction of sp³-hybridized carbons (Fsp3) is 0.545. The van der Waals surface area contributed by atoms with Crippen molar-refractivity contribution in [1.29, 1.82) is 0 Å². The first-order valence-electron chi connectivity index (χ1n) is 5.53. The van der Waals surface area contributed by atoms with Gasteiger partial charge in [0, 0.05) is 24.9 Å². The number of aromatic nitrogens is 4. The fourth-order valence-electron chi connectivity index (χ4n) is 1.89. The zero-order chi connectivity index (χ0) is 11.1. The summed E-state index contributed by atoms with van der Waals surface area (Å²) in [6, 6.07) is 1.97. The van der Waals surface area contributed by atoms with Crippen molar-refractivity contribution in [2.45, 2.75) is 25.7 Å². The van der Waals surface area contributed by atoms with E-state index in [0.29, 0.717) is 18.3 Å². The first-order valence-corrected chi connectivity index (χ1v) is 5.53. The molecule has 0 amide bonds. The van der Waals surface area contributed by atoms with Gasteiger partial charge in [-0.1, -0.05) is 12.1 Å². The number of aryl methyl sites for hydroxylation is 1. The molecule has 5 heteroatoms. The van der Waals surface area contributed by atoms with Crippen LogP contribution in [0.5, 0.6) is 0 Å². The van der Waals surface area contributed by atoms with Gasteiger partial charge in [-0.2, -0.15) is 10.1 Å². The third-order valence-corrected chi connectivity index (χ3v) is 3.17. The third-order valence-electron chi connectivity index (χ3n) is 3.17. The Bertz CT molecular complexity index is 502. The van der Waals surface area contributed by atoms with Crippen LogP contribution in [0.3, 0.4) is 0 Å². The SMILES string of the molecule is C[C@@H]1C[C@H]1c1nc(Cc2ccnn2C)no1. The lowest BCUT2D eigenvalue weighted by Gasteiger charge is -1.95. The van der Waals surface area contributed by atoms with Gasteiger partial charge in [-0.05, 0) is 18.4 Å². The van der Waals surface area contributed by atoms with E-state index in [1.54, 1.807) is 6.20 Å². The molecule has 0 bridgehead atoms. The zero-order valence-corrected chi connectivity index (χ0v) is 9.42. The largest absolute Gasteiger partial charge is 0.339 e. The van der Waals surface area contributed by atoms with Gasteiger partial charge < -0.3 is 4.52 Å². The maximum absolute atomic E-state index is 5.26. The van der Waals surface area contributed by atoms with E-state index in [-0.39, 0.29) is 0 Å². The molecular formula is C11H14N4O. The topological polar surface area (TPSA) is 56.7 Å². The Balaban J connectivity index is 1.76. The van der Waals surface area contributed by atoms with Crippen LogP contribution in [-0.4, -0.2) is 19.9 Å². The van der Waals surface area contributed by atoms with E-state index in [4.69, 9.17) is 4.52 Å². The van der Waals surface area contributed by atoms with Gasteiger partial charge >= 0.3 is 0 Å². The van der Waals surface area contributed by atoms with Crippen LogP contribution in [0.25, 0.3) is 0 Å². The molecule has 1 aliphatic rings. The Labute approximate surface area is 93.5 Å². The summed E-state index contributed by atoms with van der Waals surface area (Å²) in [4.78, 5) is 4.42. The van der Waals surface area contributed by atoms with Crippen molar-refractivity contribution >= 4 is 0 Å². The number of hydrogen-bond donors (Lipinski definition) is 0. The average molecular weight is 218 g/mol. The van der Waals surface area contributed by atoms with Crippen molar-refractivity contribution in [2.24, 2.45) is 13.0 Å². The monoisotopic (exact) mass is 218 g/mol. The van der Waals surface area contributed by atoms with Gasteiger partial charge in [0.15, 0.2) is 5.82 Å². The molecule has 0 aromatic carbocycles. The molecule has 84 valence electrons. The quantitative estimate of drug-likeness (QED) is 0.783. The molecule has 0 spiro atoms. The minimum atomic E-state index is 0.493. The predicted molar refractivity (Wildman–Crippen MR) is 56.8 cm³/mol. The lowest BCUT2D eigenvalue weighted by atomic mass is 10.3. The number of nitrogens with zero attached hydrogens (tertiary/aromatic N) is 4. The van der Waals surface area contributed by atoms with Crippen molar-refractivity contribution in [3.05, 3.63) is 29.7 Å². The summed E-state index contributed by atoms with van der Waals surface area (Å²) in [5.74, 6) is 2.74. The van der Waals surface area contributed by atoms with Crippen molar-refractivity contribution in [1.82, 2.24) is 19.9 Å². The van der Waals surface area contributed by atoms with Gasteiger partial charge in [-0.25, -0.2) is 0 Å². The molecule has 16 heavy (non-hydrogen) atoms. The molecule has 2 aromatic rings. The number of rotatable bonds is 3. The summed E-state index contributed by atoms with van der Waals surface area (Å²) in [5, 5.41) is 8.11. The molecule has 0 saturated heterocycles. The highest BCUT2D eigenvalue weighted by atomic mass is 16.5. The lowest BCUT2D eigenvalue weighted by Crippen LogP contribution is -2.00. The molecule has 2 aromatic heterocycles.